The van der Waals surface area contributed by atoms with E-state index >= 15 is 0 Å². The third-order valence-corrected chi connectivity index (χ3v) is 4.83. The predicted octanol–water partition coefficient (Wildman–Crippen LogP) is 3.46. The first-order valence-electron chi connectivity index (χ1n) is 9.24. The molecule has 0 radical (unpaired) electrons. The van der Waals surface area contributed by atoms with Crippen molar-refractivity contribution >= 4 is 23.3 Å². The highest BCUT2D eigenvalue weighted by Gasteiger charge is 2.19. The maximum absolute atomic E-state index is 12.5. The number of nitrogens with zero attached hydrogens (tertiary/aromatic N) is 1. The Kier molecular flexibility index (Phi) is 6.08. The quantitative estimate of drug-likeness (QED) is 0.776. The van der Waals surface area contributed by atoms with Crippen LogP contribution in [0.2, 0.25) is 0 Å². The van der Waals surface area contributed by atoms with Crippen molar-refractivity contribution in [2.45, 2.75) is 25.8 Å². The molecular weight excluding hydrogens is 340 g/mol. The van der Waals surface area contributed by atoms with Crippen LogP contribution in [-0.2, 0) is 0 Å². The van der Waals surface area contributed by atoms with Crippen molar-refractivity contribution in [1.82, 2.24) is 10.2 Å². The van der Waals surface area contributed by atoms with Crippen LogP contribution in [-0.4, -0.2) is 43.0 Å². The Hall–Kier alpha value is -2.86. The number of carbonyl (C=O) groups excluding carboxylic acids is 2. The maximum Gasteiger partial charge on any atom is 0.319 e. The Morgan fingerprint density at radius 2 is 1.70 bits per heavy atom. The summed E-state index contributed by atoms with van der Waals surface area (Å²) in [5.74, 6) is -0.208. The van der Waals surface area contributed by atoms with Crippen LogP contribution < -0.4 is 16.0 Å². The van der Waals surface area contributed by atoms with Crippen LogP contribution in [0.4, 0.5) is 16.2 Å². The molecule has 1 aliphatic heterocycles. The number of urea groups is 1. The standard InChI is InChI=1S/C21H26N4O2/c1-15-8-9-16(20(26)22-17-6-4-3-5-7-17)14-19(15)24-21(27)23-18-10-12-25(2)13-11-18/h3-9,14,18H,10-13H2,1-2H3,(H,22,26)(H2,23,24,27). The van der Waals surface area contributed by atoms with Gasteiger partial charge in [0.15, 0.2) is 0 Å². The van der Waals surface area contributed by atoms with E-state index in [1.54, 1.807) is 12.1 Å². The van der Waals surface area contributed by atoms with Crippen molar-refractivity contribution in [2.75, 3.05) is 30.8 Å². The number of hydrogen-bond donors (Lipinski definition) is 3. The summed E-state index contributed by atoms with van der Waals surface area (Å²) in [5.41, 5.74) is 2.78. The van der Waals surface area contributed by atoms with Crippen molar-refractivity contribution < 1.29 is 9.59 Å². The molecule has 142 valence electrons. The second kappa shape index (κ2) is 8.68. The Morgan fingerprint density at radius 3 is 2.41 bits per heavy atom. The molecule has 1 heterocycles. The average molecular weight is 366 g/mol. The smallest absolute Gasteiger partial charge is 0.319 e. The predicted molar refractivity (Wildman–Crippen MR) is 108 cm³/mol. The molecular formula is C21H26N4O2. The first-order valence-corrected chi connectivity index (χ1v) is 9.24. The maximum atomic E-state index is 12.5. The lowest BCUT2D eigenvalue weighted by Gasteiger charge is -2.29. The Bertz CT molecular complexity index is 799. The molecule has 0 spiro atoms. The number of para-hydroxylation sites is 1. The first kappa shape index (κ1) is 18.9. The lowest BCUT2D eigenvalue weighted by molar-refractivity contribution is 0.102. The number of amides is 3. The second-order valence-electron chi connectivity index (χ2n) is 7.03. The van der Waals surface area contributed by atoms with E-state index in [1.165, 1.54) is 0 Å². The van der Waals surface area contributed by atoms with Gasteiger partial charge in [0.2, 0.25) is 0 Å². The van der Waals surface area contributed by atoms with E-state index in [2.05, 4.69) is 27.9 Å². The topological polar surface area (TPSA) is 73.5 Å². The lowest BCUT2D eigenvalue weighted by Crippen LogP contribution is -2.44. The number of benzene rings is 2. The zero-order valence-corrected chi connectivity index (χ0v) is 15.8. The van der Waals surface area contributed by atoms with Crippen molar-refractivity contribution in [3.63, 3.8) is 0 Å². The van der Waals surface area contributed by atoms with E-state index in [-0.39, 0.29) is 18.0 Å². The van der Waals surface area contributed by atoms with Gasteiger partial charge in [-0.15, -0.1) is 0 Å². The summed E-state index contributed by atoms with van der Waals surface area (Å²) in [6.07, 6.45) is 1.89. The molecule has 3 N–H and O–H groups in total. The fourth-order valence-corrected chi connectivity index (χ4v) is 3.12. The van der Waals surface area contributed by atoms with Gasteiger partial charge < -0.3 is 20.9 Å². The number of likely N-dealkylation sites (tertiary alicyclic amines) is 1. The number of aryl methyl sites for hydroxylation is 1. The molecule has 1 fully saturated rings. The van der Waals surface area contributed by atoms with E-state index in [4.69, 9.17) is 0 Å². The molecule has 6 heteroatoms. The minimum Gasteiger partial charge on any atom is -0.335 e. The summed E-state index contributed by atoms with van der Waals surface area (Å²) in [6, 6.07) is 14.6. The van der Waals surface area contributed by atoms with Crippen LogP contribution in [0.1, 0.15) is 28.8 Å². The van der Waals surface area contributed by atoms with E-state index in [0.717, 1.165) is 37.2 Å². The summed E-state index contributed by atoms with van der Waals surface area (Å²) >= 11 is 0. The average Bonchev–Trinajstić information content (AvgIpc) is 2.66. The molecule has 1 saturated heterocycles. The van der Waals surface area contributed by atoms with Crippen molar-refractivity contribution in [3.8, 4) is 0 Å². The van der Waals surface area contributed by atoms with E-state index in [9.17, 15) is 9.59 Å². The molecule has 27 heavy (non-hydrogen) atoms. The first-order chi connectivity index (χ1) is 13.0. The number of rotatable bonds is 4. The SMILES string of the molecule is Cc1ccc(C(=O)Nc2ccccc2)cc1NC(=O)NC1CCN(C)CC1. The Morgan fingerprint density at radius 1 is 1.00 bits per heavy atom. The minimum absolute atomic E-state index is 0.186. The molecule has 1 aliphatic rings. The molecule has 0 bridgehead atoms. The van der Waals surface area contributed by atoms with Crippen molar-refractivity contribution in [2.24, 2.45) is 0 Å². The normalized spacial score (nSPS) is 15.2. The van der Waals surface area contributed by atoms with Crippen molar-refractivity contribution in [3.05, 3.63) is 59.7 Å². The van der Waals surface area contributed by atoms with E-state index in [0.29, 0.717) is 11.3 Å². The van der Waals surface area contributed by atoms with Gasteiger partial charge in [-0.2, -0.15) is 0 Å². The molecule has 0 aromatic heterocycles. The third kappa shape index (κ3) is 5.31. The lowest BCUT2D eigenvalue weighted by atomic mass is 10.1. The molecule has 3 amide bonds. The van der Waals surface area contributed by atoms with E-state index < -0.39 is 0 Å². The summed E-state index contributed by atoms with van der Waals surface area (Å²) in [4.78, 5) is 27.1. The van der Waals surface area contributed by atoms with Gasteiger partial charge in [0.1, 0.15) is 0 Å². The van der Waals surface area contributed by atoms with Gasteiger partial charge in [-0.25, -0.2) is 4.79 Å². The summed E-state index contributed by atoms with van der Waals surface area (Å²) in [6.45, 7) is 3.88. The molecule has 3 rings (SSSR count). The van der Waals surface area contributed by atoms with Crippen molar-refractivity contribution in [1.29, 1.82) is 0 Å². The van der Waals surface area contributed by atoms with Gasteiger partial charge >= 0.3 is 6.03 Å². The zero-order valence-electron chi connectivity index (χ0n) is 15.8. The molecule has 0 aliphatic carbocycles. The van der Waals surface area contributed by atoms with Gasteiger partial charge in [-0.1, -0.05) is 24.3 Å². The van der Waals surface area contributed by atoms with Crippen LogP contribution in [0.15, 0.2) is 48.5 Å². The molecule has 0 unspecified atom stereocenters. The molecule has 6 nitrogen and oxygen atoms in total. The number of hydrogen-bond acceptors (Lipinski definition) is 3. The highest BCUT2D eigenvalue weighted by atomic mass is 16.2. The van der Waals surface area contributed by atoms with Crippen LogP contribution in [0, 0.1) is 6.92 Å². The Labute approximate surface area is 159 Å². The number of piperidine rings is 1. The van der Waals surface area contributed by atoms with Gasteiger partial charge in [0.25, 0.3) is 5.91 Å². The van der Waals surface area contributed by atoms with Gasteiger partial charge in [0.05, 0.1) is 0 Å². The Balaban J connectivity index is 1.62. The second-order valence-corrected chi connectivity index (χ2v) is 7.03. The molecule has 0 saturated carbocycles. The summed E-state index contributed by atoms with van der Waals surface area (Å²) in [5, 5.41) is 8.77. The largest absolute Gasteiger partial charge is 0.335 e. The summed E-state index contributed by atoms with van der Waals surface area (Å²) < 4.78 is 0. The zero-order chi connectivity index (χ0) is 19.2. The molecule has 0 atom stereocenters. The monoisotopic (exact) mass is 366 g/mol. The highest BCUT2D eigenvalue weighted by Crippen LogP contribution is 2.18. The highest BCUT2D eigenvalue weighted by molar-refractivity contribution is 6.05. The fraction of sp³-hybridized carbons (Fsp3) is 0.333. The van der Waals surface area contributed by atoms with Crippen LogP contribution in [0.5, 0.6) is 0 Å². The van der Waals surface area contributed by atoms with Gasteiger partial charge in [0, 0.05) is 23.0 Å². The van der Waals surface area contributed by atoms with Crippen LogP contribution >= 0.6 is 0 Å². The molecule has 2 aromatic carbocycles. The van der Waals surface area contributed by atoms with Gasteiger partial charge in [-0.05, 0) is 69.7 Å². The summed E-state index contributed by atoms with van der Waals surface area (Å²) in [7, 11) is 2.09. The van der Waals surface area contributed by atoms with E-state index in [1.807, 2.05) is 43.3 Å². The van der Waals surface area contributed by atoms with Crippen LogP contribution in [0.3, 0.4) is 0 Å². The van der Waals surface area contributed by atoms with Crippen LogP contribution in [0.25, 0.3) is 0 Å². The fourth-order valence-electron chi connectivity index (χ4n) is 3.12. The number of nitrogens with one attached hydrogen (secondary N) is 3. The molecule has 2 aromatic rings. The number of carbonyl (C=O) groups is 2. The van der Waals surface area contributed by atoms with Gasteiger partial charge in [-0.3, -0.25) is 4.79 Å². The third-order valence-electron chi connectivity index (χ3n) is 4.83. The number of anilines is 2. The minimum atomic E-state index is -0.228.